The fraction of sp³-hybridized carbons (Fsp3) is 0.300. The van der Waals surface area contributed by atoms with Crippen molar-refractivity contribution in [1.29, 1.82) is 0 Å². The Morgan fingerprint density at radius 3 is 2.60 bits per heavy atom. The molecule has 0 unspecified atom stereocenters. The molecule has 0 saturated heterocycles. The highest BCUT2D eigenvalue weighted by Crippen LogP contribution is 2.28. The maximum absolute atomic E-state index is 11.1. The van der Waals surface area contributed by atoms with Gasteiger partial charge in [-0.05, 0) is 23.3 Å². The third kappa shape index (κ3) is 3.47. The molecule has 0 saturated carbocycles. The van der Waals surface area contributed by atoms with Crippen molar-refractivity contribution < 1.29 is 9.53 Å². The van der Waals surface area contributed by atoms with Crippen molar-refractivity contribution in [3.05, 3.63) is 32.8 Å². The maximum atomic E-state index is 11.1. The zero-order valence-electron chi connectivity index (χ0n) is 8.02. The van der Waals surface area contributed by atoms with Gasteiger partial charge in [0.2, 0.25) is 0 Å². The van der Waals surface area contributed by atoms with Crippen LogP contribution in [0.15, 0.2) is 16.6 Å². The van der Waals surface area contributed by atoms with E-state index >= 15 is 0 Å². The third-order valence-electron chi connectivity index (χ3n) is 1.89. The van der Waals surface area contributed by atoms with Gasteiger partial charge in [-0.15, -0.1) is 0 Å². The van der Waals surface area contributed by atoms with E-state index in [1.165, 1.54) is 7.11 Å². The largest absolute Gasteiger partial charge is 0.469 e. The lowest BCUT2D eigenvalue weighted by Gasteiger charge is -2.08. The summed E-state index contributed by atoms with van der Waals surface area (Å²) in [7, 11) is 1.36. The SMILES string of the molecule is COC(=O)Cc1cc(Br)cc(CBr)c1Cl. The van der Waals surface area contributed by atoms with Gasteiger partial charge in [0.25, 0.3) is 0 Å². The second kappa shape index (κ2) is 5.87. The number of ether oxygens (including phenoxy) is 1. The molecule has 0 aliphatic rings. The van der Waals surface area contributed by atoms with Gasteiger partial charge in [0, 0.05) is 14.8 Å². The highest BCUT2D eigenvalue weighted by atomic mass is 79.9. The maximum Gasteiger partial charge on any atom is 0.310 e. The molecule has 0 aliphatic carbocycles. The molecule has 15 heavy (non-hydrogen) atoms. The molecule has 82 valence electrons. The minimum atomic E-state index is -0.296. The molecule has 1 aromatic carbocycles. The molecule has 0 aliphatic heterocycles. The van der Waals surface area contributed by atoms with E-state index in [1.54, 1.807) is 0 Å². The molecule has 1 aromatic rings. The lowest BCUT2D eigenvalue weighted by molar-refractivity contribution is -0.139. The quantitative estimate of drug-likeness (QED) is 0.610. The molecule has 0 aromatic heterocycles. The molecule has 0 bridgehead atoms. The highest BCUT2D eigenvalue weighted by molar-refractivity contribution is 9.10. The molecule has 5 heteroatoms. The summed E-state index contributed by atoms with van der Waals surface area (Å²) < 4.78 is 5.50. The van der Waals surface area contributed by atoms with Crippen LogP contribution < -0.4 is 0 Å². The van der Waals surface area contributed by atoms with Gasteiger partial charge in [-0.2, -0.15) is 0 Å². The minimum absolute atomic E-state index is 0.189. The van der Waals surface area contributed by atoms with E-state index in [4.69, 9.17) is 11.6 Å². The Hall–Kier alpha value is -0.0600. The van der Waals surface area contributed by atoms with Crippen LogP contribution in [-0.2, 0) is 21.3 Å². The number of hydrogen-bond donors (Lipinski definition) is 0. The van der Waals surface area contributed by atoms with Gasteiger partial charge in [0.1, 0.15) is 0 Å². The van der Waals surface area contributed by atoms with Crippen LogP contribution in [0.5, 0.6) is 0 Å². The number of halogens is 3. The monoisotopic (exact) mass is 354 g/mol. The van der Waals surface area contributed by atoms with Crippen molar-refractivity contribution in [2.75, 3.05) is 7.11 Å². The van der Waals surface area contributed by atoms with Gasteiger partial charge in [-0.25, -0.2) is 0 Å². The standard InChI is InChI=1S/C10H9Br2ClO2/c1-15-9(14)4-6-2-8(12)3-7(5-11)10(6)13/h2-3H,4-5H2,1H3. The number of methoxy groups -OCH3 is 1. The summed E-state index contributed by atoms with van der Waals surface area (Å²) in [6.07, 6.45) is 0.189. The first kappa shape index (κ1) is 13.0. The van der Waals surface area contributed by atoms with Crippen LogP contribution in [0.1, 0.15) is 11.1 Å². The Morgan fingerprint density at radius 1 is 1.47 bits per heavy atom. The van der Waals surface area contributed by atoms with Crippen molar-refractivity contribution in [3.63, 3.8) is 0 Å². The van der Waals surface area contributed by atoms with Crippen LogP contribution in [0.4, 0.5) is 0 Å². The van der Waals surface area contributed by atoms with E-state index in [9.17, 15) is 4.79 Å². The van der Waals surface area contributed by atoms with E-state index in [1.807, 2.05) is 12.1 Å². The fourth-order valence-corrected chi connectivity index (χ4v) is 2.56. The van der Waals surface area contributed by atoms with Gasteiger partial charge in [-0.1, -0.05) is 43.5 Å². The zero-order chi connectivity index (χ0) is 11.4. The van der Waals surface area contributed by atoms with Gasteiger partial charge < -0.3 is 4.74 Å². The Kier molecular flexibility index (Phi) is 5.09. The summed E-state index contributed by atoms with van der Waals surface area (Å²) >= 11 is 12.8. The second-order valence-electron chi connectivity index (χ2n) is 2.92. The molecular weight excluding hydrogens is 347 g/mol. The second-order valence-corrected chi connectivity index (χ2v) is 4.78. The normalized spacial score (nSPS) is 10.1. The number of carbonyl (C=O) groups is 1. The Balaban J connectivity index is 3.06. The molecule has 0 amide bonds. The lowest BCUT2D eigenvalue weighted by atomic mass is 10.1. The highest BCUT2D eigenvalue weighted by Gasteiger charge is 2.11. The lowest BCUT2D eigenvalue weighted by Crippen LogP contribution is -2.05. The first-order valence-electron chi connectivity index (χ1n) is 4.18. The van der Waals surface area contributed by atoms with Crippen molar-refractivity contribution in [2.45, 2.75) is 11.8 Å². The average Bonchev–Trinajstić information content (AvgIpc) is 2.22. The van der Waals surface area contributed by atoms with Crippen LogP contribution in [0, 0.1) is 0 Å². The first-order chi connectivity index (χ1) is 7.08. The fourth-order valence-electron chi connectivity index (χ4n) is 1.16. The summed E-state index contributed by atoms with van der Waals surface area (Å²) in [5.41, 5.74) is 1.72. The van der Waals surface area contributed by atoms with Crippen LogP contribution in [0.3, 0.4) is 0 Å². The van der Waals surface area contributed by atoms with E-state index in [0.29, 0.717) is 10.4 Å². The van der Waals surface area contributed by atoms with Crippen LogP contribution >= 0.6 is 43.5 Å². The molecule has 0 atom stereocenters. The number of rotatable bonds is 3. The summed E-state index contributed by atoms with van der Waals surface area (Å²) in [4.78, 5) is 11.1. The van der Waals surface area contributed by atoms with Crippen molar-refractivity contribution >= 4 is 49.4 Å². The van der Waals surface area contributed by atoms with Gasteiger partial charge in [-0.3, -0.25) is 4.79 Å². The molecule has 0 radical (unpaired) electrons. The van der Waals surface area contributed by atoms with E-state index < -0.39 is 0 Å². The number of carbonyl (C=O) groups excluding carboxylic acids is 1. The van der Waals surface area contributed by atoms with Crippen molar-refractivity contribution in [2.24, 2.45) is 0 Å². The van der Waals surface area contributed by atoms with Crippen LogP contribution in [0.2, 0.25) is 5.02 Å². The number of alkyl halides is 1. The first-order valence-corrected chi connectivity index (χ1v) is 6.47. The van der Waals surface area contributed by atoms with Gasteiger partial charge >= 0.3 is 5.97 Å². The van der Waals surface area contributed by atoms with Crippen LogP contribution in [-0.4, -0.2) is 13.1 Å². The summed E-state index contributed by atoms with van der Waals surface area (Å²) in [5, 5.41) is 1.26. The molecule has 0 spiro atoms. The van der Waals surface area contributed by atoms with Gasteiger partial charge in [0.15, 0.2) is 0 Å². The summed E-state index contributed by atoms with van der Waals surface area (Å²) in [6.45, 7) is 0. The number of hydrogen-bond acceptors (Lipinski definition) is 2. The molecule has 0 heterocycles. The molecule has 0 N–H and O–H groups in total. The zero-order valence-corrected chi connectivity index (χ0v) is 11.9. The minimum Gasteiger partial charge on any atom is -0.469 e. The molecule has 1 rings (SSSR count). The Bertz CT molecular complexity index is 380. The number of esters is 1. The van der Waals surface area contributed by atoms with E-state index in [-0.39, 0.29) is 12.4 Å². The molecular formula is C10H9Br2ClO2. The Labute approximate surface area is 110 Å². The van der Waals surface area contributed by atoms with Crippen molar-refractivity contribution in [3.8, 4) is 0 Å². The predicted molar refractivity (Wildman–Crippen MR) is 67.5 cm³/mol. The topological polar surface area (TPSA) is 26.3 Å². The third-order valence-corrected chi connectivity index (χ3v) is 3.44. The molecule has 0 fully saturated rings. The average molecular weight is 356 g/mol. The van der Waals surface area contributed by atoms with E-state index in [0.717, 1.165) is 15.6 Å². The summed E-state index contributed by atoms with van der Waals surface area (Å²) in [5.74, 6) is -0.296. The van der Waals surface area contributed by atoms with Crippen LogP contribution in [0.25, 0.3) is 0 Å². The Morgan fingerprint density at radius 2 is 2.07 bits per heavy atom. The molecule has 2 nitrogen and oxygen atoms in total. The smallest absolute Gasteiger partial charge is 0.310 e. The van der Waals surface area contributed by atoms with E-state index in [2.05, 4.69) is 36.6 Å². The predicted octanol–water partition coefficient (Wildman–Crippen LogP) is 3.71. The number of benzene rings is 1. The van der Waals surface area contributed by atoms with Crippen molar-refractivity contribution in [1.82, 2.24) is 0 Å². The van der Waals surface area contributed by atoms with Gasteiger partial charge in [0.05, 0.1) is 13.5 Å². The summed E-state index contributed by atoms with van der Waals surface area (Å²) in [6, 6.07) is 3.74.